The van der Waals surface area contributed by atoms with Crippen LogP contribution in [0.4, 0.5) is 0 Å². The quantitative estimate of drug-likeness (QED) is 0.532. The average molecular weight is 389 g/mol. The Bertz CT molecular complexity index is 1140. The van der Waals surface area contributed by atoms with Crippen molar-refractivity contribution in [3.63, 3.8) is 0 Å². The monoisotopic (exact) mass is 389 g/mol. The lowest BCUT2D eigenvalue weighted by Crippen LogP contribution is -2.30. The molecule has 9 nitrogen and oxygen atoms in total. The number of amides is 1. The summed E-state index contributed by atoms with van der Waals surface area (Å²) >= 11 is 0. The van der Waals surface area contributed by atoms with Gasteiger partial charge < -0.3 is 14.0 Å². The van der Waals surface area contributed by atoms with Crippen molar-refractivity contribution in [3.05, 3.63) is 60.6 Å². The second-order valence-electron chi connectivity index (χ2n) is 7.07. The van der Waals surface area contributed by atoms with E-state index in [1.165, 1.54) is 0 Å². The molecule has 0 saturated carbocycles. The van der Waals surface area contributed by atoms with E-state index in [4.69, 9.17) is 4.52 Å². The molecule has 3 aromatic heterocycles. The molecule has 1 fully saturated rings. The van der Waals surface area contributed by atoms with Gasteiger partial charge in [-0.3, -0.25) is 4.79 Å². The molecule has 4 aromatic rings. The Morgan fingerprint density at radius 2 is 2.03 bits per heavy atom. The molecule has 0 bridgehead atoms. The van der Waals surface area contributed by atoms with Gasteiger partial charge in [-0.05, 0) is 18.6 Å². The van der Waals surface area contributed by atoms with E-state index in [9.17, 15) is 4.79 Å². The lowest BCUT2D eigenvalue weighted by atomic mass is 10.2. The Balaban J connectivity index is 1.30. The highest BCUT2D eigenvalue weighted by atomic mass is 16.5. The van der Waals surface area contributed by atoms with Crippen LogP contribution in [-0.4, -0.2) is 53.6 Å². The zero-order valence-electron chi connectivity index (χ0n) is 15.8. The molecule has 0 N–H and O–H groups in total. The average Bonchev–Trinajstić information content (AvgIpc) is 3.54. The standard InChI is InChI=1S/C20H19N7O2/c1-25-10-5-8-17(25)20(28)26-11-9-15(12-26)27-13-16(22-24-27)19-21-18(23-29-19)14-6-3-2-4-7-14/h2-8,10,13,15H,9,11-12H2,1H3. The van der Waals surface area contributed by atoms with Gasteiger partial charge in [0.15, 0.2) is 5.69 Å². The molecule has 4 heterocycles. The zero-order chi connectivity index (χ0) is 19.8. The first-order valence-corrected chi connectivity index (χ1v) is 9.41. The van der Waals surface area contributed by atoms with E-state index in [2.05, 4.69) is 20.5 Å². The molecule has 0 spiro atoms. The van der Waals surface area contributed by atoms with Gasteiger partial charge in [0, 0.05) is 31.9 Å². The van der Waals surface area contributed by atoms with E-state index >= 15 is 0 Å². The van der Waals surface area contributed by atoms with Crippen molar-refractivity contribution in [1.82, 2.24) is 34.6 Å². The summed E-state index contributed by atoms with van der Waals surface area (Å²) in [6.07, 6.45) is 4.49. The van der Waals surface area contributed by atoms with Crippen LogP contribution in [0.1, 0.15) is 23.0 Å². The number of aryl methyl sites for hydroxylation is 1. The third kappa shape index (κ3) is 3.20. The van der Waals surface area contributed by atoms with Crippen LogP contribution in [0.15, 0.2) is 59.4 Å². The van der Waals surface area contributed by atoms with Crippen LogP contribution in [0.5, 0.6) is 0 Å². The number of carbonyl (C=O) groups is 1. The molecule has 1 aliphatic heterocycles. The summed E-state index contributed by atoms with van der Waals surface area (Å²) in [5.74, 6) is 0.866. The summed E-state index contributed by atoms with van der Waals surface area (Å²) < 4.78 is 8.97. The molecule has 29 heavy (non-hydrogen) atoms. The molecule has 146 valence electrons. The first kappa shape index (κ1) is 17.4. The van der Waals surface area contributed by atoms with Crippen molar-refractivity contribution in [2.75, 3.05) is 13.1 Å². The van der Waals surface area contributed by atoms with Gasteiger partial charge in [-0.1, -0.05) is 40.7 Å². The summed E-state index contributed by atoms with van der Waals surface area (Å²) in [5, 5.41) is 12.4. The van der Waals surface area contributed by atoms with Gasteiger partial charge in [0.05, 0.1) is 12.2 Å². The van der Waals surface area contributed by atoms with Crippen molar-refractivity contribution in [2.24, 2.45) is 7.05 Å². The minimum atomic E-state index is 0.0322. The van der Waals surface area contributed by atoms with Gasteiger partial charge >= 0.3 is 0 Å². The number of hydrogen-bond acceptors (Lipinski definition) is 6. The molecule has 1 aromatic carbocycles. The fourth-order valence-electron chi connectivity index (χ4n) is 3.57. The smallest absolute Gasteiger partial charge is 0.280 e. The number of nitrogens with zero attached hydrogens (tertiary/aromatic N) is 7. The first-order valence-electron chi connectivity index (χ1n) is 9.41. The third-order valence-electron chi connectivity index (χ3n) is 5.18. The SMILES string of the molecule is Cn1cccc1C(=O)N1CCC(n2cc(-c3nc(-c4ccccc4)no3)nn2)C1. The molecule has 1 saturated heterocycles. The number of carbonyl (C=O) groups excluding carboxylic acids is 1. The van der Waals surface area contributed by atoms with Crippen molar-refractivity contribution in [2.45, 2.75) is 12.5 Å². The van der Waals surface area contributed by atoms with Gasteiger partial charge in [0.1, 0.15) is 5.69 Å². The van der Waals surface area contributed by atoms with Crippen molar-refractivity contribution in [3.8, 4) is 23.0 Å². The maximum Gasteiger partial charge on any atom is 0.280 e. The summed E-state index contributed by atoms with van der Waals surface area (Å²) in [6.45, 7) is 1.27. The Kier molecular flexibility index (Phi) is 4.19. The van der Waals surface area contributed by atoms with Gasteiger partial charge in [-0.25, -0.2) is 4.68 Å². The predicted octanol–water partition coefficient (Wildman–Crippen LogP) is 2.42. The minimum absolute atomic E-state index is 0.0322. The van der Waals surface area contributed by atoms with Crippen LogP contribution < -0.4 is 0 Å². The fraction of sp³-hybridized carbons (Fsp3) is 0.250. The maximum absolute atomic E-state index is 12.7. The van der Waals surface area contributed by atoms with Gasteiger partial charge in [0.2, 0.25) is 5.82 Å². The van der Waals surface area contributed by atoms with Crippen LogP contribution in [0.2, 0.25) is 0 Å². The number of hydrogen-bond donors (Lipinski definition) is 0. The first-order chi connectivity index (χ1) is 14.2. The lowest BCUT2D eigenvalue weighted by Gasteiger charge is -2.16. The molecule has 1 unspecified atom stereocenters. The Morgan fingerprint density at radius 3 is 2.83 bits per heavy atom. The Labute approximate surface area is 166 Å². The van der Waals surface area contributed by atoms with Crippen molar-refractivity contribution < 1.29 is 9.32 Å². The van der Waals surface area contributed by atoms with Gasteiger partial charge in [-0.15, -0.1) is 5.10 Å². The summed E-state index contributed by atoms with van der Waals surface area (Å²) in [5.41, 5.74) is 2.08. The molecular weight excluding hydrogens is 370 g/mol. The van der Waals surface area contributed by atoms with Crippen LogP contribution in [0, 0.1) is 0 Å². The molecule has 5 rings (SSSR count). The highest BCUT2D eigenvalue weighted by molar-refractivity contribution is 5.93. The fourth-order valence-corrected chi connectivity index (χ4v) is 3.57. The van der Waals surface area contributed by atoms with Gasteiger partial charge in [0.25, 0.3) is 11.8 Å². The second-order valence-corrected chi connectivity index (χ2v) is 7.07. The number of benzene rings is 1. The molecule has 9 heteroatoms. The highest BCUT2D eigenvalue weighted by Gasteiger charge is 2.30. The van der Waals surface area contributed by atoms with Crippen LogP contribution >= 0.6 is 0 Å². The van der Waals surface area contributed by atoms with Gasteiger partial charge in [-0.2, -0.15) is 4.98 Å². The summed E-state index contributed by atoms with van der Waals surface area (Å²) in [7, 11) is 1.87. The number of aromatic nitrogens is 6. The van der Waals surface area contributed by atoms with Crippen LogP contribution in [0.3, 0.4) is 0 Å². The Morgan fingerprint density at radius 1 is 1.17 bits per heavy atom. The third-order valence-corrected chi connectivity index (χ3v) is 5.18. The molecule has 1 amide bonds. The van der Waals surface area contributed by atoms with E-state index < -0.39 is 0 Å². The Hall–Kier alpha value is -3.75. The van der Waals surface area contributed by atoms with E-state index in [-0.39, 0.29) is 11.9 Å². The second kappa shape index (κ2) is 7.01. The zero-order valence-corrected chi connectivity index (χ0v) is 15.8. The van der Waals surface area contributed by atoms with E-state index in [0.717, 1.165) is 12.0 Å². The largest absolute Gasteiger partial charge is 0.347 e. The molecule has 0 radical (unpaired) electrons. The lowest BCUT2D eigenvalue weighted by molar-refractivity contribution is 0.0777. The van der Waals surface area contributed by atoms with E-state index in [0.29, 0.717) is 36.2 Å². The van der Waals surface area contributed by atoms with Crippen LogP contribution in [0.25, 0.3) is 23.0 Å². The van der Waals surface area contributed by atoms with Crippen molar-refractivity contribution >= 4 is 5.91 Å². The van der Waals surface area contributed by atoms with Crippen molar-refractivity contribution in [1.29, 1.82) is 0 Å². The minimum Gasteiger partial charge on any atom is -0.347 e. The maximum atomic E-state index is 12.7. The molecule has 1 atom stereocenters. The molecular formula is C20H19N7O2. The topological polar surface area (TPSA) is 94.9 Å². The predicted molar refractivity (Wildman–Crippen MR) is 104 cm³/mol. The van der Waals surface area contributed by atoms with Crippen LogP contribution in [-0.2, 0) is 7.05 Å². The summed E-state index contributed by atoms with van der Waals surface area (Å²) in [4.78, 5) is 19.0. The number of likely N-dealkylation sites (tertiary alicyclic amines) is 1. The molecule has 1 aliphatic rings. The highest BCUT2D eigenvalue weighted by Crippen LogP contribution is 2.25. The molecule has 0 aliphatic carbocycles. The van der Waals surface area contributed by atoms with E-state index in [1.807, 2.05) is 65.2 Å². The number of rotatable bonds is 4. The summed E-state index contributed by atoms with van der Waals surface area (Å²) in [6, 6.07) is 13.4. The van der Waals surface area contributed by atoms with E-state index in [1.54, 1.807) is 10.9 Å². The normalized spacial score (nSPS) is 16.4.